The van der Waals surface area contributed by atoms with Crippen molar-refractivity contribution in [2.45, 2.75) is 0 Å². The van der Waals surface area contributed by atoms with E-state index >= 15 is 0 Å². The van der Waals surface area contributed by atoms with Gasteiger partial charge in [-0.15, -0.1) is 11.3 Å². The normalized spacial score (nSPS) is 14.7. The lowest BCUT2D eigenvalue weighted by Gasteiger charge is -2.28. The molecule has 0 radical (unpaired) electrons. The second kappa shape index (κ2) is 6.86. The number of hydrogen-bond donors (Lipinski definition) is 1. The quantitative estimate of drug-likeness (QED) is 0.448. The SMILES string of the molecule is O=Cc1cnc2sc3c(N4CCOCC4)nc(-c4cccc5[nH]ccc45)nc3c2c1. The number of carbonyl (C=O) groups is 1. The van der Waals surface area contributed by atoms with Gasteiger partial charge in [0.1, 0.15) is 4.83 Å². The Labute approximate surface area is 175 Å². The number of carbonyl (C=O) groups excluding carboxylic acids is 1. The predicted molar refractivity (Wildman–Crippen MR) is 118 cm³/mol. The summed E-state index contributed by atoms with van der Waals surface area (Å²) in [6, 6.07) is 10.0. The molecule has 0 bridgehead atoms. The average Bonchev–Trinajstić information content (AvgIpc) is 3.43. The summed E-state index contributed by atoms with van der Waals surface area (Å²) >= 11 is 1.57. The van der Waals surface area contributed by atoms with Crippen molar-refractivity contribution in [2.75, 3.05) is 31.2 Å². The standard InChI is InChI=1S/C22H17N5O2S/c28-12-13-10-16-18-19(30-22(16)24-11-13)21(27-6-8-29-9-7-27)26-20(25-18)15-2-1-3-17-14(15)4-5-23-17/h1-5,10-12,23H,6-9H2. The molecule has 1 aliphatic heterocycles. The number of nitrogens with zero attached hydrogens (tertiary/aromatic N) is 4. The van der Waals surface area contributed by atoms with E-state index in [1.54, 1.807) is 17.5 Å². The largest absolute Gasteiger partial charge is 0.378 e. The molecule has 30 heavy (non-hydrogen) atoms. The zero-order valence-corrected chi connectivity index (χ0v) is 16.8. The number of thiophene rings is 1. The monoisotopic (exact) mass is 415 g/mol. The van der Waals surface area contributed by atoms with E-state index in [4.69, 9.17) is 14.7 Å². The van der Waals surface area contributed by atoms with Gasteiger partial charge >= 0.3 is 0 Å². The molecule has 148 valence electrons. The lowest BCUT2D eigenvalue weighted by atomic mass is 10.1. The van der Waals surface area contributed by atoms with Gasteiger partial charge in [-0.25, -0.2) is 15.0 Å². The van der Waals surface area contributed by atoms with Crippen molar-refractivity contribution in [3.05, 3.63) is 48.3 Å². The predicted octanol–water partition coefficient (Wildman–Crippen LogP) is 4.04. The zero-order chi connectivity index (χ0) is 20.1. The fraction of sp³-hybridized carbons (Fsp3) is 0.182. The minimum Gasteiger partial charge on any atom is -0.378 e. The van der Waals surface area contributed by atoms with Crippen molar-refractivity contribution >= 4 is 54.8 Å². The third-order valence-electron chi connectivity index (χ3n) is 5.46. The van der Waals surface area contributed by atoms with Gasteiger partial charge in [-0.3, -0.25) is 4.79 Å². The molecule has 4 aromatic heterocycles. The number of rotatable bonds is 3. The van der Waals surface area contributed by atoms with Crippen molar-refractivity contribution < 1.29 is 9.53 Å². The highest BCUT2D eigenvalue weighted by Crippen LogP contribution is 2.39. The van der Waals surface area contributed by atoms with Crippen LogP contribution in [-0.4, -0.2) is 52.5 Å². The molecule has 0 atom stereocenters. The molecule has 0 spiro atoms. The summed E-state index contributed by atoms with van der Waals surface area (Å²) in [5.74, 6) is 1.58. The molecule has 1 aromatic carbocycles. The van der Waals surface area contributed by atoms with Gasteiger partial charge < -0.3 is 14.6 Å². The summed E-state index contributed by atoms with van der Waals surface area (Å²) in [7, 11) is 0. The first-order valence-electron chi connectivity index (χ1n) is 9.76. The highest BCUT2D eigenvalue weighted by molar-refractivity contribution is 7.25. The molecule has 8 heteroatoms. The Hall–Kier alpha value is -3.36. The van der Waals surface area contributed by atoms with Gasteiger partial charge in [0, 0.05) is 52.9 Å². The highest BCUT2D eigenvalue weighted by Gasteiger charge is 2.22. The summed E-state index contributed by atoms with van der Waals surface area (Å²) in [6.45, 7) is 2.90. The van der Waals surface area contributed by atoms with Crippen molar-refractivity contribution in [3.63, 3.8) is 0 Å². The number of aromatic amines is 1. The van der Waals surface area contributed by atoms with Crippen LogP contribution in [0.3, 0.4) is 0 Å². The number of fused-ring (bicyclic) bond motifs is 4. The van der Waals surface area contributed by atoms with Crippen molar-refractivity contribution in [3.8, 4) is 11.4 Å². The molecule has 0 amide bonds. The zero-order valence-electron chi connectivity index (χ0n) is 16.0. The molecule has 0 aliphatic carbocycles. The van der Waals surface area contributed by atoms with E-state index in [9.17, 15) is 4.79 Å². The second-order valence-corrected chi connectivity index (χ2v) is 8.23. The molecule has 0 saturated carbocycles. The molecule has 6 rings (SSSR count). The molecular formula is C22H17N5O2S. The van der Waals surface area contributed by atoms with Crippen LogP contribution in [0.15, 0.2) is 42.7 Å². The van der Waals surface area contributed by atoms with Crippen LogP contribution in [0.4, 0.5) is 5.82 Å². The molecule has 1 N–H and O–H groups in total. The molecule has 5 aromatic rings. The van der Waals surface area contributed by atoms with Crippen molar-refractivity contribution in [2.24, 2.45) is 0 Å². The molecular weight excluding hydrogens is 398 g/mol. The molecule has 1 fully saturated rings. The van der Waals surface area contributed by atoms with Gasteiger partial charge in [0.2, 0.25) is 0 Å². The number of ether oxygens (including phenoxy) is 1. The first kappa shape index (κ1) is 17.5. The topological polar surface area (TPSA) is 84.0 Å². The van der Waals surface area contributed by atoms with Crippen molar-refractivity contribution in [1.29, 1.82) is 0 Å². The smallest absolute Gasteiger partial charge is 0.162 e. The van der Waals surface area contributed by atoms with Crippen LogP contribution in [0.1, 0.15) is 10.4 Å². The van der Waals surface area contributed by atoms with Crippen LogP contribution in [0.2, 0.25) is 0 Å². The van der Waals surface area contributed by atoms with Gasteiger partial charge in [0.15, 0.2) is 17.9 Å². The van der Waals surface area contributed by atoms with Crippen LogP contribution in [0.25, 0.3) is 42.7 Å². The number of aldehydes is 1. The Morgan fingerprint density at radius 3 is 2.90 bits per heavy atom. The van der Waals surface area contributed by atoms with Crippen LogP contribution in [-0.2, 0) is 4.74 Å². The number of benzene rings is 1. The minimum atomic E-state index is 0.544. The summed E-state index contributed by atoms with van der Waals surface area (Å²) in [4.78, 5) is 32.2. The summed E-state index contributed by atoms with van der Waals surface area (Å²) in [5, 5.41) is 1.97. The van der Waals surface area contributed by atoms with Gasteiger partial charge in [-0.1, -0.05) is 12.1 Å². The number of anilines is 1. The lowest BCUT2D eigenvalue weighted by molar-refractivity contribution is 0.112. The number of hydrogen-bond acceptors (Lipinski definition) is 7. The maximum absolute atomic E-state index is 11.3. The summed E-state index contributed by atoms with van der Waals surface area (Å²) < 4.78 is 6.54. The van der Waals surface area contributed by atoms with E-state index in [1.165, 1.54) is 0 Å². The molecule has 0 unspecified atom stereocenters. The number of morpholine rings is 1. The van der Waals surface area contributed by atoms with E-state index in [1.807, 2.05) is 36.5 Å². The Kier molecular flexibility index (Phi) is 4.00. The van der Waals surface area contributed by atoms with Gasteiger partial charge in [0.25, 0.3) is 0 Å². The number of H-pyrrole nitrogens is 1. The van der Waals surface area contributed by atoms with E-state index < -0.39 is 0 Å². The Balaban J connectivity index is 1.68. The molecule has 1 aliphatic rings. The number of aromatic nitrogens is 4. The number of nitrogens with one attached hydrogen (secondary N) is 1. The Morgan fingerprint density at radius 2 is 2.03 bits per heavy atom. The molecule has 1 saturated heterocycles. The first-order valence-corrected chi connectivity index (χ1v) is 10.6. The van der Waals surface area contributed by atoms with Gasteiger partial charge in [0.05, 0.1) is 23.4 Å². The summed E-state index contributed by atoms with van der Waals surface area (Å²) in [5.41, 5.74) is 3.40. The first-order chi connectivity index (χ1) is 14.8. The third-order valence-corrected chi connectivity index (χ3v) is 6.56. The maximum Gasteiger partial charge on any atom is 0.162 e. The molecule has 5 heterocycles. The fourth-order valence-electron chi connectivity index (χ4n) is 3.99. The van der Waals surface area contributed by atoms with Gasteiger partial charge in [-0.2, -0.15) is 0 Å². The number of pyridine rings is 1. The average molecular weight is 415 g/mol. The van der Waals surface area contributed by atoms with Crippen LogP contribution >= 0.6 is 11.3 Å². The van der Waals surface area contributed by atoms with Crippen molar-refractivity contribution in [1.82, 2.24) is 19.9 Å². The Morgan fingerprint density at radius 1 is 1.13 bits per heavy atom. The summed E-state index contributed by atoms with van der Waals surface area (Å²) in [6.07, 6.45) is 4.35. The Bertz CT molecular complexity index is 1420. The van der Waals surface area contributed by atoms with E-state index in [0.29, 0.717) is 24.6 Å². The maximum atomic E-state index is 11.3. The van der Waals surface area contributed by atoms with E-state index in [0.717, 1.165) is 62.1 Å². The highest BCUT2D eigenvalue weighted by atomic mass is 32.1. The molecule has 7 nitrogen and oxygen atoms in total. The lowest BCUT2D eigenvalue weighted by Crippen LogP contribution is -2.36. The van der Waals surface area contributed by atoms with Crippen LogP contribution < -0.4 is 4.90 Å². The third kappa shape index (κ3) is 2.68. The van der Waals surface area contributed by atoms with E-state index in [2.05, 4.69) is 14.9 Å². The van der Waals surface area contributed by atoms with Crippen LogP contribution in [0.5, 0.6) is 0 Å². The second-order valence-electron chi connectivity index (χ2n) is 7.23. The minimum absolute atomic E-state index is 0.544. The van der Waals surface area contributed by atoms with Crippen LogP contribution in [0, 0.1) is 0 Å². The fourth-order valence-corrected chi connectivity index (χ4v) is 5.07. The van der Waals surface area contributed by atoms with Gasteiger partial charge in [-0.05, 0) is 18.2 Å². The van der Waals surface area contributed by atoms with E-state index in [-0.39, 0.29) is 0 Å².